The zero-order valence-electron chi connectivity index (χ0n) is 18.6. The first-order chi connectivity index (χ1) is 15.3. The van der Waals surface area contributed by atoms with Crippen LogP contribution in [-0.2, 0) is 14.3 Å². The SMILES string of the molecule is C=CC(=O)NCC1NN(C2CCC(C(F)(F)F)CC2)C2CCC(OC[C@H]3CCOC3)CC12. The number of ether oxygens (including phenoxy) is 2. The predicted octanol–water partition coefficient (Wildman–Crippen LogP) is 3.19. The number of nitrogens with zero attached hydrogens (tertiary/aromatic N) is 1. The van der Waals surface area contributed by atoms with Gasteiger partial charge in [-0.2, -0.15) is 13.2 Å². The van der Waals surface area contributed by atoms with Crippen molar-refractivity contribution in [3.8, 4) is 0 Å². The zero-order valence-corrected chi connectivity index (χ0v) is 18.6. The number of nitrogens with one attached hydrogen (secondary N) is 2. The van der Waals surface area contributed by atoms with Gasteiger partial charge in [0.2, 0.25) is 5.91 Å². The van der Waals surface area contributed by atoms with Crippen molar-refractivity contribution in [1.29, 1.82) is 0 Å². The molecule has 4 aliphatic rings. The maximum absolute atomic E-state index is 13.1. The molecular weight excluding hydrogens is 423 g/mol. The molecule has 4 unspecified atom stereocenters. The Morgan fingerprint density at radius 1 is 1.19 bits per heavy atom. The number of carbonyl (C=O) groups excluding carboxylic acids is 1. The molecule has 4 fully saturated rings. The minimum atomic E-state index is -4.09. The first-order valence-corrected chi connectivity index (χ1v) is 12.1. The number of hydrogen-bond acceptors (Lipinski definition) is 5. The smallest absolute Gasteiger partial charge is 0.381 e. The van der Waals surface area contributed by atoms with Crippen molar-refractivity contribution >= 4 is 5.91 Å². The lowest BCUT2D eigenvalue weighted by atomic mass is 9.78. The van der Waals surface area contributed by atoms with Crippen molar-refractivity contribution in [2.45, 2.75) is 81.8 Å². The van der Waals surface area contributed by atoms with Crippen molar-refractivity contribution in [3.05, 3.63) is 12.7 Å². The summed E-state index contributed by atoms with van der Waals surface area (Å²) in [5, 5.41) is 5.14. The molecule has 2 aliphatic heterocycles. The highest BCUT2D eigenvalue weighted by molar-refractivity contribution is 5.86. The molecule has 0 aromatic rings. The summed E-state index contributed by atoms with van der Waals surface area (Å²) in [6, 6.07) is 0.419. The molecule has 6 nitrogen and oxygen atoms in total. The van der Waals surface area contributed by atoms with Crippen molar-refractivity contribution in [2.24, 2.45) is 17.8 Å². The molecule has 0 radical (unpaired) electrons. The number of hydrogen-bond donors (Lipinski definition) is 2. The van der Waals surface area contributed by atoms with Crippen molar-refractivity contribution in [3.63, 3.8) is 0 Å². The quantitative estimate of drug-likeness (QED) is 0.573. The summed E-state index contributed by atoms with van der Waals surface area (Å²) in [5.41, 5.74) is 3.58. The fourth-order valence-corrected chi connectivity index (χ4v) is 5.99. The van der Waals surface area contributed by atoms with E-state index in [9.17, 15) is 18.0 Å². The molecule has 5 atom stereocenters. The van der Waals surface area contributed by atoms with Gasteiger partial charge >= 0.3 is 6.18 Å². The number of rotatable bonds is 7. The molecule has 1 amide bonds. The van der Waals surface area contributed by atoms with Crippen LogP contribution in [0.1, 0.15) is 51.4 Å². The van der Waals surface area contributed by atoms with E-state index in [4.69, 9.17) is 9.47 Å². The van der Waals surface area contributed by atoms with Gasteiger partial charge in [0.05, 0.1) is 25.2 Å². The predicted molar refractivity (Wildman–Crippen MR) is 114 cm³/mol. The lowest BCUT2D eigenvalue weighted by Crippen LogP contribution is -2.50. The first kappa shape index (κ1) is 24.0. The molecule has 0 bridgehead atoms. The Bertz CT molecular complexity index is 648. The summed E-state index contributed by atoms with van der Waals surface area (Å²) in [5.74, 6) is -0.627. The van der Waals surface area contributed by atoms with E-state index in [1.54, 1.807) is 0 Å². The Labute approximate surface area is 188 Å². The van der Waals surface area contributed by atoms with E-state index in [2.05, 4.69) is 22.3 Å². The van der Waals surface area contributed by atoms with E-state index in [0.717, 1.165) is 45.5 Å². The van der Waals surface area contributed by atoms with Gasteiger partial charge in [0.15, 0.2) is 0 Å². The molecule has 182 valence electrons. The van der Waals surface area contributed by atoms with Gasteiger partial charge in [-0.1, -0.05) is 6.58 Å². The monoisotopic (exact) mass is 459 g/mol. The molecule has 0 aromatic carbocycles. The van der Waals surface area contributed by atoms with Crippen molar-refractivity contribution in [1.82, 2.24) is 15.8 Å². The van der Waals surface area contributed by atoms with Crippen molar-refractivity contribution < 1.29 is 27.4 Å². The van der Waals surface area contributed by atoms with E-state index < -0.39 is 12.1 Å². The third-order valence-electron chi connectivity index (χ3n) is 7.83. The first-order valence-electron chi connectivity index (χ1n) is 12.1. The number of fused-ring (bicyclic) bond motifs is 1. The molecule has 32 heavy (non-hydrogen) atoms. The van der Waals surface area contributed by atoms with E-state index in [-0.39, 0.29) is 43.0 Å². The lowest BCUT2D eigenvalue weighted by molar-refractivity contribution is -0.185. The van der Waals surface area contributed by atoms with E-state index in [0.29, 0.717) is 31.2 Å². The third kappa shape index (κ3) is 5.66. The van der Waals surface area contributed by atoms with Crippen LogP contribution in [0.25, 0.3) is 0 Å². The standard InChI is InChI=1S/C23H36F3N3O3/c1-2-22(30)27-12-20-19-11-18(32-14-15-9-10-31-13-15)7-8-21(19)29(28-20)17-5-3-16(4-6-17)23(24,25)26/h2,15-21,28H,1,3-14H2,(H,27,30)/t15-,16?,17?,18?,19?,20?,21?/m0/s1. The molecule has 2 saturated carbocycles. The molecule has 2 aliphatic carbocycles. The second-order valence-corrected chi connectivity index (χ2v) is 9.87. The van der Waals surface area contributed by atoms with Gasteiger partial charge in [0, 0.05) is 37.2 Å². The highest BCUT2D eigenvalue weighted by Gasteiger charge is 2.49. The fourth-order valence-electron chi connectivity index (χ4n) is 5.99. The molecule has 2 N–H and O–H groups in total. The van der Waals surface area contributed by atoms with Crippen LogP contribution in [0.4, 0.5) is 13.2 Å². The molecule has 2 heterocycles. The Hall–Kier alpha value is -1.16. The van der Waals surface area contributed by atoms with Gasteiger partial charge in [-0.3, -0.25) is 4.79 Å². The molecule has 0 aromatic heterocycles. The second kappa shape index (κ2) is 10.4. The second-order valence-electron chi connectivity index (χ2n) is 9.87. The topological polar surface area (TPSA) is 62.8 Å². The molecular formula is C23H36F3N3O3. The van der Waals surface area contributed by atoms with Crippen LogP contribution in [0.15, 0.2) is 12.7 Å². The number of amides is 1. The van der Waals surface area contributed by atoms with Gasteiger partial charge < -0.3 is 14.8 Å². The van der Waals surface area contributed by atoms with Gasteiger partial charge in [-0.05, 0) is 63.4 Å². The summed E-state index contributed by atoms with van der Waals surface area (Å²) in [4.78, 5) is 11.7. The number of carbonyl (C=O) groups is 1. The van der Waals surface area contributed by atoms with E-state index in [1.807, 2.05) is 0 Å². The van der Waals surface area contributed by atoms with Crippen LogP contribution in [-0.4, -0.2) is 67.7 Å². The normalized spacial score (nSPS) is 38.4. The highest BCUT2D eigenvalue weighted by Crippen LogP contribution is 2.43. The molecule has 2 saturated heterocycles. The molecule has 0 spiro atoms. The van der Waals surface area contributed by atoms with Gasteiger partial charge in [-0.15, -0.1) is 0 Å². The fraction of sp³-hybridized carbons (Fsp3) is 0.870. The zero-order chi connectivity index (χ0) is 22.7. The highest BCUT2D eigenvalue weighted by atomic mass is 19.4. The van der Waals surface area contributed by atoms with Crippen LogP contribution < -0.4 is 10.7 Å². The number of hydrazine groups is 1. The van der Waals surface area contributed by atoms with Gasteiger partial charge in [0.1, 0.15) is 0 Å². The van der Waals surface area contributed by atoms with Crippen LogP contribution >= 0.6 is 0 Å². The maximum Gasteiger partial charge on any atom is 0.391 e. The minimum absolute atomic E-state index is 0.0467. The number of halogens is 3. The van der Waals surface area contributed by atoms with Crippen LogP contribution in [0.2, 0.25) is 0 Å². The van der Waals surface area contributed by atoms with Crippen LogP contribution in [0.5, 0.6) is 0 Å². The van der Waals surface area contributed by atoms with Crippen LogP contribution in [0, 0.1) is 17.8 Å². The van der Waals surface area contributed by atoms with Crippen LogP contribution in [0.3, 0.4) is 0 Å². The Morgan fingerprint density at radius 3 is 2.62 bits per heavy atom. The average Bonchev–Trinajstić information content (AvgIpc) is 3.43. The Morgan fingerprint density at radius 2 is 1.97 bits per heavy atom. The van der Waals surface area contributed by atoms with Crippen molar-refractivity contribution in [2.75, 3.05) is 26.4 Å². The molecule has 4 rings (SSSR count). The Balaban J connectivity index is 1.37. The summed E-state index contributed by atoms with van der Waals surface area (Å²) in [6.45, 7) is 6.29. The summed E-state index contributed by atoms with van der Waals surface area (Å²) >= 11 is 0. The summed E-state index contributed by atoms with van der Waals surface area (Å²) in [7, 11) is 0. The van der Waals surface area contributed by atoms with Gasteiger partial charge in [0.25, 0.3) is 0 Å². The van der Waals surface area contributed by atoms with E-state index in [1.165, 1.54) is 6.08 Å². The van der Waals surface area contributed by atoms with Gasteiger partial charge in [-0.25, -0.2) is 10.4 Å². The minimum Gasteiger partial charge on any atom is -0.381 e. The third-order valence-corrected chi connectivity index (χ3v) is 7.83. The summed E-state index contributed by atoms with van der Waals surface area (Å²) in [6.07, 6.45) is 2.68. The lowest BCUT2D eigenvalue weighted by Gasteiger charge is -2.41. The molecule has 9 heteroatoms. The Kier molecular flexibility index (Phi) is 7.80. The average molecular weight is 460 g/mol. The summed E-state index contributed by atoms with van der Waals surface area (Å²) < 4.78 is 51.0. The largest absolute Gasteiger partial charge is 0.391 e. The number of alkyl halides is 3. The maximum atomic E-state index is 13.1. The van der Waals surface area contributed by atoms with E-state index >= 15 is 0 Å².